The smallest absolute Gasteiger partial charge is 0.379 e. The van der Waals surface area contributed by atoms with E-state index >= 15 is 0 Å². The first-order valence-electron chi connectivity index (χ1n) is 7.80. The van der Waals surface area contributed by atoms with Crippen molar-refractivity contribution >= 4 is 29.7 Å². The van der Waals surface area contributed by atoms with E-state index in [0.29, 0.717) is 25.7 Å². The molecule has 1 amide bonds. The van der Waals surface area contributed by atoms with Gasteiger partial charge in [0.1, 0.15) is 5.69 Å². The number of anilines is 1. The van der Waals surface area contributed by atoms with Gasteiger partial charge in [0.05, 0.1) is 10.5 Å². The molecular weight excluding hydrogens is 377 g/mol. The minimum atomic E-state index is -4.66. The number of piperazine rings is 1. The molecule has 1 unspecified atom stereocenters. The summed E-state index contributed by atoms with van der Waals surface area (Å²) in [4.78, 5) is 24.0. The Morgan fingerprint density at radius 3 is 2.73 bits per heavy atom. The van der Waals surface area contributed by atoms with E-state index in [1.54, 1.807) is 4.90 Å². The van der Waals surface area contributed by atoms with Crippen molar-refractivity contribution in [3.05, 3.63) is 33.9 Å². The number of carbonyl (C=O) groups excluding carboxylic acids is 1. The van der Waals surface area contributed by atoms with E-state index in [1.807, 2.05) is 6.92 Å². The van der Waals surface area contributed by atoms with E-state index in [2.05, 4.69) is 10.6 Å². The number of halogens is 4. The van der Waals surface area contributed by atoms with Gasteiger partial charge in [0.15, 0.2) is 0 Å². The largest absolute Gasteiger partial charge is 0.416 e. The predicted molar refractivity (Wildman–Crippen MR) is 92.5 cm³/mol. The van der Waals surface area contributed by atoms with Crippen LogP contribution < -0.4 is 10.6 Å². The number of nitro groups is 1. The lowest BCUT2D eigenvalue weighted by Crippen LogP contribution is -2.52. The Kier molecular flexibility index (Phi) is 7.64. The highest BCUT2D eigenvalue weighted by atomic mass is 35.5. The number of amides is 1. The molecule has 1 heterocycles. The average molecular weight is 397 g/mol. The van der Waals surface area contributed by atoms with Gasteiger partial charge in [-0.25, -0.2) is 0 Å². The number of hydrogen-bond acceptors (Lipinski definition) is 5. The van der Waals surface area contributed by atoms with Crippen molar-refractivity contribution in [1.82, 2.24) is 10.2 Å². The molecule has 2 rings (SSSR count). The van der Waals surface area contributed by atoms with Crippen molar-refractivity contribution in [3.8, 4) is 0 Å². The summed E-state index contributed by atoms with van der Waals surface area (Å²) in [7, 11) is 0. The first-order chi connectivity index (χ1) is 11.7. The van der Waals surface area contributed by atoms with E-state index < -0.39 is 22.4 Å². The van der Waals surface area contributed by atoms with Crippen LogP contribution in [0.1, 0.15) is 18.9 Å². The SMILES string of the molecule is CC1CNCCN1C(=O)CCNc1ccc(C(F)(F)F)cc1[N+](=O)[O-].Cl. The summed E-state index contributed by atoms with van der Waals surface area (Å²) in [6.45, 7) is 4.00. The Bertz CT molecular complexity index is 658. The third kappa shape index (κ3) is 5.46. The Morgan fingerprint density at radius 2 is 2.15 bits per heavy atom. The number of alkyl halides is 3. The number of rotatable bonds is 5. The minimum absolute atomic E-state index is 0. The van der Waals surface area contributed by atoms with Crippen LogP contribution in [0.3, 0.4) is 0 Å². The van der Waals surface area contributed by atoms with Gasteiger partial charge >= 0.3 is 6.18 Å². The first-order valence-corrected chi connectivity index (χ1v) is 7.80. The fourth-order valence-electron chi connectivity index (χ4n) is 2.67. The summed E-state index contributed by atoms with van der Waals surface area (Å²) in [5.74, 6) is -0.101. The van der Waals surface area contributed by atoms with Gasteiger partial charge in [-0.05, 0) is 19.1 Å². The van der Waals surface area contributed by atoms with E-state index in [1.165, 1.54) is 0 Å². The molecule has 146 valence electrons. The quantitative estimate of drug-likeness (QED) is 0.590. The zero-order valence-corrected chi connectivity index (χ0v) is 14.8. The van der Waals surface area contributed by atoms with Crippen LogP contribution in [0.25, 0.3) is 0 Å². The van der Waals surface area contributed by atoms with Gasteiger partial charge < -0.3 is 15.5 Å². The molecule has 0 aromatic heterocycles. The van der Waals surface area contributed by atoms with Gasteiger partial charge in [-0.15, -0.1) is 12.4 Å². The molecule has 26 heavy (non-hydrogen) atoms. The maximum absolute atomic E-state index is 12.7. The zero-order valence-electron chi connectivity index (χ0n) is 14.0. The molecular formula is C15H20ClF3N4O3. The molecule has 0 bridgehead atoms. The number of nitrogens with zero attached hydrogens (tertiary/aromatic N) is 2. The molecule has 0 radical (unpaired) electrons. The third-order valence-corrected chi connectivity index (χ3v) is 4.00. The Labute approximate surface area is 154 Å². The van der Waals surface area contributed by atoms with Crippen LogP contribution in [0.15, 0.2) is 18.2 Å². The lowest BCUT2D eigenvalue weighted by Gasteiger charge is -2.34. The van der Waals surface area contributed by atoms with Gasteiger partial charge in [-0.2, -0.15) is 13.2 Å². The molecule has 1 aliphatic heterocycles. The van der Waals surface area contributed by atoms with E-state index in [0.717, 1.165) is 12.1 Å². The maximum atomic E-state index is 12.7. The number of benzene rings is 1. The van der Waals surface area contributed by atoms with Gasteiger partial charge in [-0.3, -0.25) is 14.9 Å². The molecule has 2 N–H and O–H groups in total. The van der Waals surface area contributed by atoms with Crippen molar-refractivity contribution in [2.75, 3.05) is 31.5 Å². The van der Waals surface area contributed by atoms with Crippen LogP contribution >= 0.6 is 12.4 Å². The lowest BCUT2D eigenvalue weighted by atomic mass is 10.1. The van der Waals surface area contributed by atoms with E-state index in [9.17, 15) is 28.1 Å². The zero-order chi connectivity index (χ0) is 18.6. The molecule has 7 nitrogen and oxygen atoms in total. The number of nitro benzene ring substituents is 1. The molecule has 11 heteroatoms. The Morgan fingerprint density at radius 1 is 1.46 bits per heavy atom. The summed E-state index contributed by atoms with van der Waals surface area (Å²) in [6, 6.07) is 2.33. The van der Waals surface area contributed by atoms with Crippen LogP contribution in [0.2, 0.25) is 0 Å². The average Bonchev–Trinajstić information content (AvgIpc) is 2.54. The molecule has 1 saturated heterocycles. The van der Waals surface area contributed by atoms with Crippen molar-refractivity contribution < 1.29 is 22.9 Å². The molecule has 1 aromatic carbocycles. The van der Waals surface area contributed by atoms with Crippen LogP contribution in [0, 0.1) is 10.1 Å². The number of carbonyl (C=O) groups is 1. The van der Waals surface area contributed by atoms with Crippen LogP contribution in [-0.4, -0.2) is 48.0 Å². The molecule has 0 saturated carbocycles. The third-order valence-electron chi connectivity index (χ3n) is 4.00. The second kappa shape index (κ2) is 9.04. The van der Waals surface area contributed by atoms with Gasteiger partial charge in [0, 0.05) is 44.7 Å². The van der Waals surface area contributed by atoms with Crippen molar-refractivity contribution in [1.29, 1.82) is 0 Å². The highest BCUT2D eigenvalue weighted by Crippen LogP contribution is 2.34. The standard InChI is InChI=1S/C15H19F3N4O3.ClH/c1-10-9-19-6-7-21(10)14(23)4-5-20-12-3-2-11(15(16,17)18)8-13(12)22(24)25;/h2-3,8,10,19-20H,4-7,9H2,1H3;1H. The highest BCUT2D eigenvalue weighted by Gasteiger charge is 2.33. The fraction of sp³-hybridized carbons (Fsp3) is 0.533. The maximum Gasteiger partial charge on any atom is 0.416 e. The summed E-state index contributed by atoms with van der Waals surface area (Å²) in [5, 5.41) is 16.9. The Hall–Kier alpha value is -2.07. The predicted octanol–water partition coefficient (Wildman–Crippen LogP) is 2.66. The lowest BCUT2D eigenvalue weighted by molar-refractivity contribution is -0.384. The van der Waals surface area contributed by atoms with Crippen molar-refractivity contribution in [2.24, 2.45) is 0 Å². The second-order valence-corrected chi connectivity index (χ2v) is 5.80. The van der Waals surface area contributed by atoms with E-state index in [-0.39, 0.29) is 43.0 Å². The normalized spacial score (nSPS) is 17.4. The van der Waals surface area contributed by atoms with Crippen molar-refractivity contribution in [2.45, 2.75) is 25.6 Å². The summed E-state index contributed by atoms with van der Waals surface area (Å²) < 4.78 is 38.0. The van der Waals surface area contributed by atoms with Gasteiger partial charge in [-0.1, -0.05) is 0 Å². The van der Waals surface area contributed by atoms with Crippen LogP contribution in [0.4, 0.5) is 24.5 Å². The summed E-state index contributed by atoms with van der Waals surface area (Å²) in [5.41, 5.74) is -1.80. The molecule has 1 atom stereocenters. The molecule has 1 aliphatic rings. The minimum Gasteiger partial charge on any atom is -0.379 e. The monoisotopic (exact) mass is 396 g/mol. The van der Waals surface area contributed by atoms with Crippen LogP contribution in [0.5, 0.6) is 0 Å². The number of nitrogens with one attached hydrogen (secondary N) is 2. The summed E-state index contributed by atoms with van der Waals surface area (Å²) in [6.07, 6.45) is -4.56. The molecule has 0 spiro atoms. The summed E-state index contributed by atoms with van der Waals surface area (Å²) >= 11 is 0. The topological polar surface area (TPSA) is 87.5 Å². The highest BCUT2D eigenvalue weighted by molar-refractivity contribution is 5.85. The fourth-order valence-corrected chi connectivity index (χ4v) is 2.67. The second-order valence-electron chi connectivity index (χ2n) is 5.80. The molecule has 1 fully saturated rings. The molecule has 1 aromatic rings. The van der Waals surface area contributed by atoms with E-state index in [4.69, 9.17) is 0 Å². The molecule has 0 aliphatic carbocycles. The van der Waals surface area contributed by atoms with Crippen molar-refractivity contribution in [3.63, 3.8) is 0 Å². The number of hydrogen-bond donors (Lipinski definition) is 2. The van der Waals surface area contributed by atoms with Gasteiger partial charge in [0.2, 0.25) is 5.91 Å². The van der Waals surface area contributed by atoms with Crippen LogP contribution in [-0.2, 0) is 11.0 Å². The Balaban J connectivity index is 0.00000338. The first kappa shape index (κ1) is 22.0. The van der Waals surface area contributed by atoms with Gasteiger partial charge in [0.25, 0.3) is 5.69 Å².